The largest absolute Gasteiger partial charge is 0.377 e. The third-order valence-electron chi connectivity index (χ3n) is 3.85. The van der Waals surface area contributed by atoms with E-state index in [1.165, 1.54) is 0 Å². The van der Waals surface area contributed by atoms with Gasteiger partial charge in [0.15, 0.2) is 0 Å². The Hall–Kier alpha value is -1.62. The zero-order chi connectivity index (χ0) is 15.2. The average Bonchev–Trinajstić information content (AvgIpc) is 2.54. The number of carbonyl (C=O) groups is 1. The molecular weight excluding hydrogens is 266 g/mol. The van der Waals surface area contributed by atoms with Crippen LogP contribution in [0.15, 0.2) is 12.1 Å². The van der Waals surface area contributed by atoms with Crippen molar-refractivity contribution in [2.24, 2.45) is 0 Å². The third-order valence-corrected chi connectivity index (χ3v) is 3.85. The molecule has 1 aromatic rings. The summed E-state index contributed by atoms with van der Waals surface area (Å²) < 4.78 is 5.48. The second kappa shape index (κ2) is 7.41. The molecule has 0 bridgehead atoms. The second-order valence-corrected chi connectivity index (χ2v) is 5.37. The molecule has 116 valence electrons. The lowest BCUT2D eigenvalue weighted by molar-refractivity contribution is -0.00280. The number of aryl methyl sites for hydroxylation is 1. The predicted molar refractivity (Wildman–Crippen MR) is 83.7 cm³/mol. The molecule has 1 N–H and O–H groups in total. The Kier molecular flexibility index (Phi) is 5.56. The summed E-state index contributed by atoms with van der Waals surface area (Å²) in [4.78, 5) is 19.2. The van der Waals surface area contributed by atoms with Crippen LogP contribution in [0.2, 0.25) is 0 Å². The van der Waals surface area contributed by atoms with Gasteiger partial charge in [-0.15, -0.1) is 0 Å². The fraction of sp³-hybridized carbons (Fsp3) is 0.625. The molecule has 1 amide bonds. The van der Waals surface area contributed by atoms with Crippen molar-refractivity contribution in [2.75, 3.05) is 32.1 Å². The minimum atomic E-state index is 0.0846. The molecule has 0 aromatic carbocycles. The summed E-state index contributed by atoms with van der Waals surface area (Å²) in [6, 6.07) is 3.94. The lowest BCUT2D eigenvalue weighted by atomic mass is 10.1. The van der Waals surface area contributed by atoms with Gasteiger partial charge in [0.25, 0.3) is 5.91 Å². The number of morpholine rings is 1. The number of rotatable bonds is 5. The first kappa shape index (κ1) is 15.8. The lowest BCUT2D eigenvalue weighted by Crippen LogP contribution is -2.48. The third kappa shape index (κ3) is 3.73. The van der Waals surface area contributed by atoms with Crippen LogP contribution in [0, 0.1) is 0 Å². The molecule has 2 rings (SSSR count). The van der Waals surface area contributed by atoms with Gasteiger partial charge in [-0.1, -0.05) is 20.3 Å². The highest BCUT2D eigenvalue weighted by molar-refractivity contribution is 5.95. The van der Waals surface area contributed by atoms with Crippen molar-refractivity contribution in [2.45, 2.75) is 39.2 Å². The van der Waals surface area contributed by atoms with Crippen LogP contribution in [-0.4, -0.2) is 48.6 Å². The number of nitrogens with zero attached hydrogens (tertiary/aromatic N) is 2. The van der Waals surface area contributed by atoms with Gasteiger partial charge in [0.1, 0.15) is 5.82 Å². The molecule has 0 aliphatic carbocycles. The molecule has 5 heteroatoms. The number of hydrogen-bond acceptors (Lipinski definition) is 4. The SMILES string of the molecule is CCCc1cc(C(=O)N2CCOCC2CC)cc(NC)n1. The molecule has 1 atom stereocenters. The zero-order valence-corrected chi connectivity index (χ0v) is 13.2. The summed E-state index contributed by atoms with van der Waals surface area (Å²) in [5.41, 5.74) is 1.69. The number of pyridine rings is 1. The van der Waals surface area contributed by atoms with Crippen LogP contribution in [0.3, 0.4) is 0 Å². The van der Waals surface area contributed by atoms with Crippen LogP contribution in [0.5, 0.6) is 0 Å². The molecule has 1 aliphatic heterocycles. The summed E-state index contributed by atoms with van der Waals surface area (Å²) in [7, 11) is 1.83. The summed E-state index contributed by atoms with van der Waals surface area (Å²) in [5.74, 6) is 0.840. The summed E-state index contributed by atoms with van der Waals surface area (Å²) in [5, 5.41) is 3.04. The highest BCUT2D eigenvalue weighted by Crippen LogP contribution is 2.18. The normalized spacial score (nSPS) is 18.6. The molecule has 0 radical (unpaired) electrons. The lowest BCUT2D eigenvalue weighted by Gasteiger charge is -2.35. The van der Waals surface area contributed by atoms with E-state index in [2.05, 4.69) is 24.1 Å². The van der Waals surface area contributed by atoms with Crippen molar-refractivity contribution in [3.05, 3.63) is 23.4 Å². The van der Waals surface area contributed by atoms with Gasteiger partial charge in [0, 0.05) is 24.8 Å². The van der Waals surface area contributed by atoms with Crippen molar-refractivity contribution in [3.63, 3.8) is 0 Å². The van der Waals surface area contributed by atoms with Crippen molar-refractivity contribution in [1.29, 1.82) is 0 Å². The summed E-state index contributed by atoms with van der Waals surface area (Å²) in [6.07, 6.45) is 2.82. The highest BCUT2D eigenvalue weighted by atomic mass is 16.5. The van der Waals surface area contributed by atoms with Crippen LogP contribution in [0.1, 0.15) is 42.7 Å². The minimum Gasteiger partial charge on any atom is -0.377 e. The van der Waals surface area contributed by atoms with Gasteiger partial charge >= 0.3 is 0 Å². The molecule has 21 heavy (non-hydrogen) atoms. The zero-order valence-electron chi connectivity index (χ0n) is 13.2. The predicted octanol–water partition coefficient (Wildman–Crippen LogP) is 2.33. The Morgan fingerprint density at radius 3 is 2.95 bits per heavy atom. The standard InChI is InChI=1S/C16H25N3O2/c1-4-6-13-9-12(10-15(17-3)18-13)16(20)19-7-8-21-11-14(19)5-2/h9-10,14H,4-8,11H2,1-3H3,(H,17,18). The molecule has 0 spiro atoms. The van der Waals surface area contributed by atoms with Crippen molar-refractivity contribution >= 4 is 11.7 Å². The van der Waals surface area contributed by atoms with E-state index in [4.69, 9.17) is 4.74 Å². The Balaban J connectivity index is 2.26. The number of ether oxygens (including phenoxy) is 1. The summed E-state index contributed by atoms with van der Waals surface area (Å²) in [6.45, 7) is 6.12. The van der Waals surface area contributed by atoms with Gasteiger partial charge in [0.05, 0.1) is 19.3 Å². The first-order valence-electron chi connectivity index (χ1n) is 7.77. The second-order valence-electron chi connectivity index (χ2n) is 5.37. The topological polar surface area (TPSA) is 54.5 Å². The molecule has 1 aliphatic rings. The molecular formula is C16H25N3O2. The quantitative estimate of drug-likeness (QED) is 0.904. The fourth-order valence-electron chi connectivity index (χ4n) is 2.65. The number of nitrogens with one attached hydrogen (secondary N) is 1. The highest BCUT2D eigenvalue weighted by Gasteiger charge is 2.27. The van der Waals surface area contributed by atoms with Crippen LogP contribution in [-0.2, 0) is 11.2 Å². The van der Waals surface area contributed by atoms with Crippen LogP contribution in [0.25, 0.3) is 0 Å². The maximum atomic E-state index is 12.8. The van der Waals surface area contributed by atoms with E-state index in [1.54, 1.807) is 0 Å². The van der Waals surface area contributed by atoms with E-state index in [0.717, 1.165) is 36.3 Å². The monoisotopic (exact) mass is 291 g/mol. The maximum absolute atomic E-state index is 12.8. The Labute approximate surface area is 126 Å². The fourth-order valence-corrected chi connectivity index (χ4v) is 2.65. The first-order chi connectivity index (χ1) is 10.2. The number of anilines is 1. The van der Waals surface area contributed by atoms with Gasteiger partial charge < -0.3 is 15.0 Å². The van der Waals surface area contributed by atoms with Crippen LogP contribution in [0.4, 0.5) is 5.82 Å². The molecule has 0 saturated carbocycles. The van der Waals surface area contributed by atoms with E-state index >= 15 is 0 Å². The van der Waals surface area contributed by atoms with Crippen LogP contribution >= 0.6 is 0 Å². The Morgan fingerprint density at radius 1 is 1.48 bits per heavy atom. The van der Waals surface area contributed by atoms with E-state index in [-0.39, 0.29) is 11.9 Å². The van der Waals surface area contributed by atoms with Gasteiger partial charge in [-0.05, 0) is 25.0 Å². The van der Waals surface area contributed by atoms with Gasteiger partial charge in [-0.3, -0.25) is 4.79 Å². The van der Waals surface area contributed by atoms with E-state index < -0.39 is 0 Å². The van der Waals surface area contributed by atoms with E-state index in [0.29, 0.717) is 19.8 Å². The number of aromatic nitrogens is 1. The van der Waals surface area contributed by atoms with Crippen molar-refractivity contribution < 1.29 is 9.53 Å². The van der Waals surface area contributed by atoms with Crippen molar-refractivity contribution in [3.8, 4) is 0 Å². The molecule has 5 nitrogen and oxygen atoms in total. The van der Waals surface area contributed by atoms with Gasteiger partial charge in [-0.25, -0.2) is 4.98 Å². The van der Waals surface area contributed by atoms with E-state index in [9.17, 15) is 4.79 Å². The molecule has 1 fully saturated rings. The summed E-state index contributed by atoms with van der Waals surface area (Å²) >= 11 is 0. The minimum absolute atomic E-state index is 0.0846. The Bertz CT molecular complexity index is 490. The maximum Gasteiger partial charge on any atom is 0.254 e. The molecule has 1 unspecified atom stereocenters. The number of hydrogen-bond donors (Lipinski definition) is 1. The molecule has 1 aromatic heterocycles. The van der Waals surface area contributed by atoms with E-state index in [1.807, 2.05) is 24.1 Å². The first-order valence-corrected chi connectivity index (χ1v) is 7.77. The van der Waals surface area contributed by atoms with Gasteiger partial charge in [0.2, 0.25) is 0 Å². The Morgan fingerprint density at radius 2 is 2.29 bits per heavy atom. The average molecular weight is 291 g/mol. The van der Waals surface area contributed by atoms with Gasteiger partial charge in [-0.2, -0.15) is 0 Å². The number of amides is 1. The van der Waals surface area contributed by atoms with Crippen LogP contribution < -0.4 is 5.32 Å². The molecule has 1 saturated heterocycles. The molecule has 2 heterocycles. The van der Waals surface area contributed by atoms with Crippen molar-refractivity contribution in [1.82, 2.24) is 9.88 Å². The smallest absolute Gasteiger partial charge is 0.254 e. The number of carbonyl (C=O) groups excluding carboxylic acids is 1.